The summed E-state index contributed by atoms with van der Waals surface area (Å²) >= 11 is 0. The van der Waals surface area contributed by atoms with E-state index in [2.05, 4.69) is 0 Å². The number of hydrogen-bond donors (Lipinski definition) is 1. The Morgan fingerprint density at radius 3 is 2.73 bits per heavy atom. The highest BCUT2D eigenvalue weighted by molar-refractivity contribution is 6.13. The number of phenolic OH excluding ortho intramolecular Hbond substituents is 1. The zero-order valence-electron chi connectivity index (χ0n) is 13.9. The number of benzene rings is 3. The molecule has 6 heteroatoms. The number of carbonyl (C=O) groups is 1. The lowest BCUT2D eigenvalue weighted by molar-refractivity contribution is 0.0535. The lowest BCUT2D eigenvalue weighted by Gasteiger charge is -2.14. The van der Waals surface area contributed by atoms with Gasteiger partial charge in [-0.25, -0.2) is 4.79 Å². The standard InChI is InChI=1S/C20H14O6/c1-23-14-4-2-11(7-13(14)21)16-17-10(3-5-15-19(17)26-9-25-15)6-12-8-24-20(22)18(12)16/h2-7,21H,8-9H2,1H3. The van der Waals surface area contributed by atoms with Crippen LogP contribution in [0, 0.1) is 0 Å². The number of aromatic hydroxyl groups is 1. The normalized spacial score (nSPS) is 14.4. The van der Waals surface area contributed by atoms with Crippen LogP contribution in [0.3, 0.4) is 0 Å². The van der Waals surface area contributed by atoms with E-state index in [0.29, 0.717) is 33.9 Å². The Morgan fingerprint density at radius 1 is 1.04 bits per heavy atom. The largest absolute Gasteiger partial charge is 0.504 e. The maximum absolute atomic E-state index is 12.4. The second kappa shape index (κ2) is 5.29. The molecule has 0 aromatic heterocycles. The highest BCUT2D eigenvalue weighted by atomic mass is 16.7. The van der Waals surface area contributed by atoms with Crippen molar-refractivity contribution in [3.63, 3.8) is 0 Å². The number of hydrogen-bond acceptors (Lipinski definition) is 6. The summed E-state index contributed by atoms with van der Waals surface area (Å²) in [4.78, 5) is 12.4. The number of ether oxygens (including phenoxy) is 4. The van der Waals surface area contributed by atoms with Crippen LogP contribution >= 0.6 is 0 Å². The Morgan fingerprint density at radius 2 is 1.92 bits per heavy atom. The van der Waals surface area contributed by atoms with Gasteiger partial charge >= 0.3 is 5.97 Å². The second-order valence-corrected chi connectivity index (χ2v) is 6.15. The van der Waals surface area contributed by atoms with E-state index in [4.69, 9.17) is 18.9 Å². The number of cyclic esters (lactones) is 1. The van der Waals surface area contributed by atoms with E-state index < -0.39 is 0 Å². The van der Waals surface area contributed by atoms with Crippen molar-refractivity contribution in [3.05, 3.63) is 47.5 Å². The summed E-state index contributed by atoms with van der Waals surface area (Å²) < 4.78 is 21.6. The van der Waals surface area contributed by atoms with Crippen molar-refractivity contribution in [2.24, 2.45) is 0 Å². The molecule has 0 aliphatic carbocycles. The Balaban J connectivity index is 1.91. The molecule has 0 fully saturated rings. The summed E-state index contributed by atoms with van der Waals surface area (Å²) in [5, 5.41) is 11.9. The average Bonchev–Trinajstić information content (AvgIpc) is 3.26. The number of carbonyl (C=O) groups excluding carboxylic acids is 1. The highest BCUT2D eigenvalue weighted by Gasteiger charge is 2.31. The van der Waals surface area contributed by atoms with Crippen LogP contribution in [0.15, 0.2) is 36.4 Å². The quantitative estimate of drug-likeness (QED) is 0.712. The Labute approximate surface area is 148 Å². The molecule has 0 amide bonds. The monoisotopic (exact) mass is 350 g/mol. The zero-order chi connectivity index (χ0) is 17.8. The Kier molecular flexibility index (Phi) is 3.03. The lowest BCUT2D eigenvalue weighted by Crippen LogP contribution is -2.00. The van der Waals surface area contributed by atoms with Crippen molar-refractivity contribution in [1.29, 1.82) is 0 Å². The van der Waals surface area contributed by atoms with Gasteiger partial charge in [0.2, 0.25) is 6.79 Å². The van der Waals surface area contributed by atoms with Crippen molar-refractivity contribution in [2.75, 3.05) is 13.9 Å². The second-order valence-electron chi connectivity index (χ2n) is 6.15. The van der Waals surface area contributed by atoms with Gasteiger partial charge in [0, 0.05) is 16.5 Å². The number of esters is 1. The molecule has 0 atom stereocenters. The summed E-state index contributed by atoms with van der Waals surface area (Å²) in [6.45, 7) is 0.358. The van der Waals surface area contributed by atoms with Crippen LogP contribution in [0.4, 0.5) is 0 Å². The molecular formula is C20H14O6. The molecule has 3 aromatic rings. The van der Waals surface area contributed by atoms with Crippen molar-refractivity contribution in [1.82, 2.24) is 0 Å². The minimum Gasteiger partial charge on any atom is -0.504 e. The Hall–Kier alpha value is -3.41. The highest BCUT2D eigenvalue weighted by Crippen LogP contribution is 2.48. The third-order valence-electron chi connectivity index (χ3n) is 4.75. The molecule has 1 N–H and O–H groups in total. The van der Waals surface area contributed by atoms with Crippen molar-refractivity contribution in [2.45, 2.75) is 6.61 Å². The summed E-state index contributed by atoms with van der Waals surface area (Å²) in [5.74, 6) is 1.19. The summed E-state index contributed by atoms with van der Waals surface area (Å²) in [6, 6.07) is 10.8. The molecule has 26 heavy (non-hydrogen) atoms. The number of fused-ring (bicyclic) bond motifs is 4. The van der Waals surface area contributed by atoms with E-state index in [1.54, 1.807) is 18.2 Å². The van der Waals surface area contributed by atoms with E-state index in [-0.39, 0.29) is 25.1 Å². The van der Waals surface area contributed by atoms with Gasteiger partial charge in [-0.15, -0.1) is 0 Å². The van der Waals surface area contributed by atoms with E-state index in [9.17, 15) is 9.90 Å². The summed E-state index contributed by atoms with van der Waals surface area (Å²) in [5.41, 5.74) is 2.64. The molecule has 6 nitrogen and oxygen atoms in total. The number of phenols is 1. The SMILES string of the molecule is COc1ccc(-c2c3c(cc4ccc5c(c24)OCO5)COC3=O)cc1O. The first kappa shape index (κ1) is 14.9. The molecule has 3 aromatic carbocycles. The van der Waals surface area contributed by atoms with Gasteiger partial charge in [-0.3, -0.25) is 0 Å². The third kappa shape index (κ3) is 1.95. The molecule has 0 spiro atoms. The van der Waals surface area contributed by atoms with E-state index in [1.807, 2.05) is 18.2 Å². The summed E-state index contributed by atoms with van der Waals surface area (Å²) in [7, 11) is 1.49. The third-order valence-corrected chi connectivity index (χ3v) is 4.75. The molecular weight excluding hydrogens is 336 g/mol. The lowest BCUT2D eigenvalue weighted by atomic mass is 9.90. The van der Waals surface area contributed by atoms with Gasteiger partial charge in [0.15, 0.2) is 23.0 Å². The fraction of sp³-hybridized carbons (Fsp3) is 0.150. The van der Waals surface area contributed by atoms with Crippen LogP contribution in [0.1, 0.15) is 15.9 Å². The van der Waals surface area contributed by atoms with E-state index >= 15 is 0 Å². The smallest absolute Gasteiger partial charge is 0.339 e. The average molecular weight is 350 g/mol. The van der Waals surface area contributed by atoms with Crippen LogP contribution in [0.2, 0.25) is 0 Å². The Bertz CT molecular complexity index is 1090. The molecule has 0 saturated heterocycles. The minimum absolute atomic E-state index is 0.00753. The maximum Gasteiger partial charge on any atom is 0.339 e. The van der Waals surface area contributed by atoms with Crippen molar-refractivity contribution in [3.8, 4) is 34.1 Å². The molecule has 0 saturated carbocycles. The molecule has 0 unspecified atom stereocenters. The first-order chi connectivity index (χ1) is 12.7. The topological polar surface area (TPSA) is 74.2 Å². The van der Waals surface area contributed by atoms with Gasteiger partial charge in [0.1, 0.15) is 6.61 Å². The maximum atomic E-state index is 12.4. The van der Waals surface area contributed by atoms with Crippen LogP contribution in [0.5, 0.6) is 23.0 Å². The molecule has 130 valence electrons. The molecule has 2 aliphatic rings. The van der Waals surface area contributed by atoms with E-state index in [1.165, 1.54) is 7.11 Å². The minimum atomic E-state index is -0.385. The first-order valence-corrected chi connectivity index (χ1v) is 8.10. The van der Waals surface area contributed by atoms with Gasteiger partial charge in [0.25, 0.3) is 0 Å². The van der Waals surface area contributed by atoms with Crippen LogP contribution in [-0.2, 0) is 11.3 Å². The number of rotatable bonds is 2. The van der Waals surface area contributed by atoms with Gasteiger partial charge in [-0.05, 0) is 35.2 Å². The molecule has 0 radical (unpaired) electrons. The summed E-state index contributed by atoms with van der Waals surface area (Å²) in [6.07, 6.45) is 0. The fourth-order valence-corrected chi connectivity index (χ4v) is 3.61. The zero-order valence-corrected chi connectivity index (χ0v) is 13.9. The van der Waals surface area contributed by atoms with Gasteiger partial charge in [-0.1, -0.05) is 12.1 Å². The number of methoxy groups -OCH3 is 1. The van der Waals surface area contributed by atoms with Crippen LogP contribution < -0.4 is 14.2 Å². The van der Waals surface area contributed by atoms with Gasteiger partial charge in [0.05, 0.1) is 12.7 Å². The van der Waals surface area contributed by atoms with Gasteiger partial charge < -0.3 is 24.1 Å². The van der Waals surface area contributed by atoms with Crippen LogP contribution in [0.25, 0.3) is 21.9 Å². The molecule has 5 rings (SSSR count). The predicted molar refractivity (Wildman–Crippen MR) is 92.8 cm³/mol. The van der Waals surface area contributed by atoms with Crippen LogP contribution in [-0.4, -0.2) is 25.0 Å². The fourth-order valence-electron chi connectivity index (χ4n) is 3.61. The first-order valence-electron chi connectivity index (χ1n) is 8.10. The van der Waals surface area contributed by atoms with E-state index in [0.717, 1.165) is 16.3 Å². The van der Waals surface area contributed by atoms with Crippen molar-refractivity contribution < 1.29 is 28.8 Å². The van der Waals surface area contributed by atoms with Gasteiger partial charge in [-0.2, -0.15) is 0 Å². The molecule has 2 aliphatic heterocycles. The van der Waals surface area contributed by atoms with Crippen molar-refractivity contribution >= 4 is 16.7 Å². The molecule has 0 bridgehead atoms. The predicted octanol–water partition coefficient (Wildman–Crippen LogP) is 3.62. The molecule has 2 heterocycles.